The molecule has 0 saturated heterocycles. The van der Waals surface area contributed by atoms with Crippen molar-refractivity contribution < 1.29 is 4.79 Å². The lowest BCUT2D eigenvalue weighted by Gasteiger charge is -2.37. The molecule has 1 aromatic heterocycles. The molecule has 0 radical (unpaired) electrons. The largest absolute Gasteiger partial charge is 0.360 e. The number of nitrogens with zero attached hydrogens (tertiary/aromatic N) is 3. The van der Waals surface area contributed by atoms with Gasteiger partial charge in [-0.15, -0.1) is 0 Å². The molecule has 1 aliphatic rings. The second-order valence-electron chi connectivity index (χ2n) is 10.2. The minimum atomic E-state index is -0.00455. The van der Waals surface area contributed by atoms with E-state index in [1.54, 1.807) is 0 Å². The lowest BCUT2D eigenvalue weighted by atomic mass is 9.90. The fraction of sp³-hybridized carbons (Fsp3) is 0.483. The highest BCUT2D eigenvalue weighted by Crippen LogP contribution is 2.25. The lowest BCUT2D eigenvalue weighted by molar-refractivity contribution is -0.120. The first-order chi connectivity index (χ1) is 17.4. The molecule has 192 valence electrons. The number of rotatable bonds is 10. The smallest absolute Gasteiger partial charge is 0.239 e. The van der Waals surface area contributed by atoms with E-state index in [2.05, 4.69) is 60.7 Å². The van der Waals surface area contributed by atoms with Crippen LogP contribution >= 0.6 is 11.6 Å². The maximum absolute atomic E-state index is 12.8. The highest BCUT2D eigenvalue weighted by atomic mass is 35.5. The molecule has 2 aromatic carbocycles. The summed E-state index contributed by atoms with van der Waals surface area (Å²) < 4.78 is 0. The fourth-order valence-corrected chi connectivity index (χ4v) is 5.15. The van der Waals surface area contributed by atoms with Crippen LogP contribution in [0.5, 0.6) is 0 Å². The van der Waals surface area contributed by atoms with Crippen molar-refractivity contribution in [1.82, 2.24) is 20.2 Å². The first-order valence-corrected chi connectivity index (χ1v) is 13.5. The van der Waals surface area contributed by atoms with Crippen molar-refractivity contribution in [1.29, 1.82) is 0 Å². The lowest BCUT2D eigenvalue weighted by Crippen LogP contribution is -2.45. The number of fused-ring (bicyclic) bond motifs is 1. The van der Waals surface area contributed by atoms with Crippen LogP contribution in [0.4, 0.5) is 5.82 Å². The summed E-state index contributed by atoms with van der Waals surface area (Å²) in [6.45, 7) is 4.64. The quantitative estimate of drug-likeness (QED) is 0.371. The van der Waals surface area contributed by atoms with Gasteiger partial charge in [0, 0.05) is 35.0 Å². The minimum absolute atomic E-state index is 0.00455. The van der Waals surface area contributed by atoms with Gasteiger partial charge in [0.2, 0.25) is 5.91 Å². The molecule has 0 unspecified atom stereocenters. The summed E-state index contributed by atoms with van der Waals surface area (Å²) in [6.07, 6.45) is 6.97. The van der Waals surface area contributed by atoms with Crippen LogP contribution in [0.15, 0.2) is 48.5 Å². The Labute approximate surface area is 219 Å². The van der Waals surface area contributed by atoms with E-state index in [0.29, 0.717) is 22.9 Å². The first kappa shape index (κ1) is 26.4. The fourth-order valence-electron chi connectivity index (χ4n) is 4.98. The molecule has 1 saturated carbocycles. The third-order valence-corrected chi connectivity index (χ3v) is 7.52. The minimum Gasteiger partial charge on any atom is -0.360 e. The van der Waals surface area contributed by atoms with Gasteiger partial charge in [-0.25, -0.2) is 9.97 Å². The van der Waals surface area contributed by atoms with Crippen LogP contribution in [0.3, 0.4) is 0 Å². The molecule has 1 amide bonds. The molecule has 0 spiro atoms. The van der Waals surface area contributed by atoms with Crippen LogP contribution in [0.1, 0.15) is 57.3 Å². The van der Waals surface area contributed by atoms with Gasteiger partial charge in [0.1, 0.15) is 11.6 Å². The van der Waals surface area contributed by atoms with Crippen LogP contribution < -0.4 is 10.6 Å². The van der Waals surface area contributed by atoms with Crippen LogP contribution in [-0.4, -0.2) is 52.5 Å². The number of aromatic nitrogens is 2. The summed E-state index contributed by atoms with van der Waals surface area (Å²) in [6, 6.07) is 17.4. The SMILES string of the molecule is CC(C)N(C)C1CCC(NC(=O)CNc2nc(CCCc3ccccc3)nc3ccc(Cl)cc23)CC1. The van der Waals surface area contributed by atoms with Gasteiger partial charge in [-0.2, -0.15) is 0 Å². The number of hydrogen-bond donors (Lipinski definition) is 2. The standard InChI is InChI=1S/C29H38ClN5O/c1-20(2)35(3)24-15-13-23(14-16-24)32-28(36)19-31-29-25-18-22(30)12-17-26(25)33-27(34-29)11-7-10-21-8-5-4-6-9-21/h4-6,8-9,12,17-18,20,23-24H,7,10-11,13-16,19H2,1-3H3,(H,32,36)(H,31,33,34). The van der Waals surface area contributed by atoms with Gasteiger partial charge in [0.15, 0.2) is 0 Å². The molecule has 4 rings (SSSR count). The van der Waals surface area contributed by atoms with E-state index in [0.717, 1.165) is 61.7 Å². The molecule has 1 fully saturated rings. The number of carbonyl (C=O) groups excluding carboxylic acids is 1. The van der Waals surface area contributed by atoms with Crippen molar-refractivity contribution in [2.45, 2.75) is 76.9 Å². The van der Waals surface area contributed by atoms with Gasteiger partial charge in [-0.1, -0.05) is 41.9 Å². The molecule has 3 aromatic rings. The highest BCUT2D eigenvalue weighted by molar-refractivity contribution is 6.31. The van der Waals surface area contributed by atoms with Crippen molar-refractivity contribution in [2.75, 3.05) is 18.9 Å². The van der Waals surface area contributed by atoms with E-state index in [4.69, 9.17) is 21.6 Å². The zero-order valence-corrected chi connectivity index (χ0v) is 22.4. The summed E-state index contributed by atoms with van der Waals surface area (Å²) in [5.74, 6) is 1.43. The maximum atomic E-state index is 12.8. The van der Waals surface area contributed by atoms with Gasteiger partial charge in [-0.05, 0) is 83.2 Å². The summed E-state index contributed by atoms with van der Waals surface area (Å²) in [5, 5.41) is 7.94. The summed E-state index contributed by atoms with van der Waals surface area (Å²) in [4.78, 5) is 24.7. The number of anilines is 1. The van der Waals surface area contributed by atoms with Crippen molar-refractivity contribution >= 4 is 34.2 Å². The van der Waals surface area contributed by atoms with E-state index in [-0.39, 0.29) is 18.5 Å². The molecule has 1 aliphatic carbocycles. The Morgan fingerprint density at radius 3 is 2.53 bits per heavy atom. The molecule has 0 bridgehead atoms. The monoisotopic (exact) mass is 507 g/mol. The van der Waals surface area contributed by atoms with Gasteiger partial charge >= 0.3 is 0 Å². The van der Waals surface area contributed by atoms with Crippen LogP contribution in [0, 0.1) is 0 Å². The Balaban J connectivity index is 1.35. The van der Waals surface area contributed by atoms with Gasteiger partial charge in [0.05, 0.1) is 12.1 Å². The third kappa shape index (κ3) is 7.17. The number of hydrogen-bond acceptors (Lipinski definition) is 5. The van der Waals surface area contributed by atoms with Crippen LogP contribution in [0.25, 0.3) is 10.9 Å². The topological polar surface area (TPSA) is 70.2 Å². The van der Waals surface area contributed by atoms with Crippen molar-refractivity contribution in [2.24, 2.45) is 0 Å². The second-order valence-corrected chi connectivity index (χ2v) is 10.6. The number of halogens is 1. The van der Waals surface area contributed by atoms with Crippen molar-refractivity contribution in [3.05, 3.63) is 64.9 Å². The van der Waals surface area contributed by atoms with Crippen molar-refractivity contribution in [3.63, 3.8) is 0 Å². The van der Waals surface area contributed by atoms with Crippen LogP contribution in [-0.2, 0) is 17.6 Å². The average Bonchev–Trinajstić information content (AvgIpc) is 2.88. The van der Waals surface area contributed by atoms with Crippen molar-refractivity contribution in [3.8, 4) is 0 Å². The van der Waals surface area contributed by atoms with E-state index in [1.807, 2.05) is 24.3 Å². The molecular weight excluding hydrogens is 470 g/mol. The Hall–Kier alpha value is -2.70. The summed E-state index contributed by atoms with van der Waals surface area (Å²) >= 11 is 6.26. The number of benzene rings is 2. The molecular formula is C29H38ClN5O. The second kappa shape index (κ2) is 12.5. The zero-order chi connectivity index (χ0) is 25.5. The third-order valence-electron chi connectivity index (χ3n) is 7.28. The average molecular weight is 508 g/mol. The molecule has 0 atom stereocenters. The molecule has 1 heterocycles. The van der Waals surface area contributed by atoms with Gasteiger partial charge < -0.3 is 15.5 Å². The normalized spacial score (nSPS) is 18.1. The molecule has 2 N–H and O–H groups in total. The number of carbonyl (C=O) groups is 1. The Kier molecular flexibility index (Phi) is 9.16. The summed E-state index contributed by atoms with van der Waals surface area (Å²) in [7, 11) is 2.20. The Morgan fingerprint density at radius 1 is 1.06 bits per heavy atom. The molecule has 0 aliphatic heterocycles. The maximum Gasteiger partial charge on any atom is 0.239 e. The highest BCUT2D eigenvalue weighted by Gasteiger charge is 2.26. The Morgan fingerprint density at radius 2 is 1.81 bits per heavy atom. The zero-order valence-electron chi connectivity index (χ0n) is 21.6. The summed E-state index contributed by atoms with van der Waals surface area (Å²) in [5.41, 5.74) is 2.14. The predicted molar refractivity (Wildman–Crippen MR) is 149 cm³/mol. The first-order valence-electron chi connectivity index (χ1n) is 13.1. The van der Waals surface area contributed by atoms with E-state index >= 15 is 0 Å². The number of aryl methyl sites for hydroxylation is 2. The molecule has 7 heteroatoms. The predicted octanol–water partition coefficient (Wildman–Crippen LogP) is 5.64. The molecule has 6 nitrogen and oxygen atoms in total. The molecule has 36 heavy (non-hydrogen) atoms. The van der Waals surface area contributed by atoms with E-state index < -0.39 is 0 Å². The van der Waals surface area contributed by atoms with Gasteiger partial charge in [0.25, 0.3) is 0 Å². The number of nitrogens with one attached hydrogen (secondary N) is 2. The Bertz CT molecular complexity index is 1150. The number of amides is 1. The van der Waals surface area contributed by atoms with Crippen LogP contribution in [0.2, 0.25) is 5.02 Å². The van der Waals surface area contributed by atoms with E-state index in [1.165, 1.54) is 5.56 Å². The van der Waals surface area contributed by atoms with E-state index in [9.17, 15) is 4.79 Å². The van der Waals surface area contributed by atoms with Gasteiger partial charge in [-0.3, -0.25) is 4.79 Å².